The molecular formula is C67H108O6. The van der Waals surface area contributed by atoms with Gasteiger partial charge in [-0.05, 0) is 109 Å². The molecule has 0 aromatic rings. The number of hydrogen-bond acceptors (Lipinski definition) is 6. The lowest BCUT2D eigenvalue weighted by atomic mass is 10.0. The van der Waals surface area contributed by atoms with E-state index in [1.807, 2.05) is 0 Å². The average Bonchev–Trinajstić information content (AvgIpc) is 3.39. The Morgan fingerprint density at radius 1 is 0.288 bits per heavy atom. The van der Waals surface area contributed by atoms with Crippen molar-refractivity contribution >= 4 is 17.9 Å². The third-order valence-corrected chi connectivity index (χ3v) is 12.2. The van der Waals surface area contributed by atoms with Crippen molar-refractivity contribution in [3.8, 4) is 0 Å². The zero-order chi connectivity index (χ0) is 52.9. The summed E-state index contributed by atoms with van der Waals surface area (Å²) in [5.41, 5.74) is 0. The summed E-state index contributed by atoms with van der Waals surface area (Å²) in [4.78, 5) is 38.2. The van der Waals surface area contributed by atoms with Gasteiger partial charge in [0.15, 0.2) is 6.10 Å². The van der Waals surface area contributed by atoms with E-state index in [1.165, 1.54) is 77.0 Å². The quantitative estimate of drug-likeness (QED) is 0.0261. The second-order valence-corrected chi connectivity index (χ2v) is 19.1. The lowest BCUT2D eigenvalue weighted by Gasteiger charge is -2.18. The van der Waals surface area contributed by atoms with Gasteiger partial charge in [-0.3, -0.25) is 14.4 Å². The van der Waals surface area contributed by atoms with Gasteiger partial charge in [-0.25, -0.2) is 0 Å². The largest absolute Gasteiger partial charge is 0.462 e. The zero-order valence-corrected chi connectivity index (χ0v) is 47.1. The van der Waals surface area contributed by atoms with Gasteiger partial charge < -0.3 is 14.2 Å². The average molecular weight is 1010 g/mol. The van der Waals surface area contributed by atoms with Crippen molar-refractivity contribution in [3.05, 3.63) is 134 Å². The Hall–Kier alpha value is -4.45. The van der Waals surface area contributed by atoms with Crippen molar-refractivity contribution in [2.24, 2.45) is 0 Å². The molecule has 0 spiro atoms. The van der Waals surface area contributed by atoms with E-state index in [0.29, 0.717) is 19.3 Å². The molecule has 0 saturated carbocycles. The summed E-state index contributed by atoms with van der Waals surface area (Å²) >= 11 is 0. The maximum absolute atomic E-state index is 12.8. The molecule has 0 saturated heterocycles. The van der Waals surface area contributed by atoms with Gasteiger partial charge in [0.25, 0.3) is 0 Å². The topological polar surface area (TPSA) is 78.9 Å². The Bertz CT molecular complexity index is 1580. The van der Waals surface area contributed by atoms with Crippen LogP contribution in [0.5, 0.6) is 0 Å². The molecule has 0 aliphatic rings. The molecule has 0 rings (SSSR count). The normalized spacial score (nSPS) is 13.1. The molecule has 0 aromatic carbocycles. The third-order valence-electron chi connectivity index (χ3n) is 12.2. The first-order valence-corrected chi connectivity index (χ1v) is 29.7. The van der Waals surface area contributed by atoms with Gasteiger partial charge in [-0.2, -0.15) is 0 Å². The van der Waals surface area contributed by atoms with Gasteiger partial charge in [-0.15, -0.1) is 0 Å². The Balaban J connectivity index is 4.52. The van der Waals surface area contributed by atoms with Crippen molar-refractivity contribution in [3.63, 3.8) is 0 Å². The summed E-state index contributed by atoms with van der Waals surface area (Å²) in [6, 6.07) is 0. The standard InChI is InChI=1S/C67H108O6/c1-4-7-10-13-16-19-22-25-28-30-31-32-33-34-35-37-39-42-45-48-51-54-57-60-66(69)72-63-64(62-71-65(68)59-56-53-50-47-44-41-38-27-24-21-18-15-12-9-6-3)73-67(70)61-58-55-52-49-46-43-40-36-29-26-23-20-17-14-11-8-5-2/h7-8,10-11,16-17,19-20,25-26,28-29,31-32,34-35,39-40,42-43,49,52,64H,4-6,9,12-15,18,21-24,27,30,33,36-38,41,44-48,50-51,53-63H2,1-3H3/b10-7-,11-8-,19-16-,20-17-,28-25-,29-26-,32-31-,35-34-,42-39-,43-40-,52-49-. The number of carbonyl (C=O) groups is 3. The van der Waals surface area contributed by atoms with Crippen LogP contribution in [-0.4, -0.2) is 37.2 Å². The molecule has 0 aliphatic heterocycles. The molecule has 0 heterocycles. The fourth-order valence-electron chi connectivity index (χ4n) is 7.78. The van der Waals surface area contributed by atoms with E-state index < -0.39 is 6.10 Å². The van der Waals surface area contributed by atoms with Crippen LogP contribution >= 0.6 is 0 Å². The van der Waals surface area contributed by atoms with Gasteiger partial charge in [-0.1, -0.05) is 257 Å². The first kappa shape index (κ1) is 68.6. The van der Waals surface area contributed by atoms with E-state index in [-0.39, 0.29) is 37.5 Å². The van der Waals surface area contributed by atoms with E-state index in [4.69, 9.17) is 14.2 Å². The summed E-state index contributed by atoms with van der Waals surface area (Å²) in [5, 5.41) is 0. The lowest BCUT2D eigenvalue weighted by molar-refractivity contribution is -0.167. The van der Waals surface area contributed by atoms with Crippen LogP contribution in [0.1, 0.15) is 252 Å². The van der Waals surface area contributed by atoms with Gasteiger partial charge in [0.1, 0.15) is 13.2 Å². The van der Waals surface area contributed by atoms with E-state index in [9.17, 15) is 14.4 Å². The van der Waals surface area contributed by atoms with Crippen LogP contribution in [0.2, 0.25) is 0 Å². The fourth-order valence-corrected chi connectivity index (χ4v) is 7.78. The third kappa shape index (κ3) is 58.3. The highest BCUT2D eigenvalue weighted by atomic mass is 16.6. The van der Waals surface area contributed by atoms with Crippen LogP contribution < -0.4 is 0 Å². The lowest BCUT2D eigenvalue weighted by Crippen LogP contribution is -2.30. The molecule has 0 fully saturated rings. The molecule has 0 bridgehead atoms. The highest BCUT2D eigenvalue weighted by molar-refractivity contribution is 5.71. The SMILES string of the molecule is CC/C=C\C/C=C\C/C=C\C/C=C\C/C=C\C/C=C\CCCCCCC(=O)OCC(COC(=O)CCCCCCCCCCCCCCCCC)OC(=O)CCC/C=C\C/C=C\C/C=C\C/C=C\C/C=C\CC. The molecule has 0 aliphatic carbocycles. The molecule has 1 atom stereocenters. The van der Waals surface area contributed by atoms with Crippen LogP contribution in [0.25, 0.3) is 0 Å². The molecule has 0 radical (unpaired) electrons. The maximum Gasteiger partial charge on any atom is 0.306 e. The number of ether oxygens (including phenoxy) is 3. The Kier molecular flexibility index (Phi) is 56.4. The number of rotatable bonds is 52. The Morgan fingerprint density at radius 2 is 0.548 bits per heavy atom. The number of allylic oxidation sites excluding steroid dienone is 22. The number of carbonyl (C=O) groups excluding carboxylic acids is 3. The van der Waals surface area contributed by atoms with Crippen LogP contribution in [0.4, 0.5) is 0 Å². The van der Waals surface area contributed by atoms with Gasteiger partial charge >= 0.3 is 17.9 Å². The summed E-state index contributed by atoms with van der Waals surface area (Å²) in [7, 11) is 0. The second-order valence-electron chi connectivity index (χ2n) is 19.1. The molecule has 1 unspecified atom stereocenters. The molecule has 412 valence electrons. The zero-order valence-electron chi connectivity index (χ0n) is 47.1. The molecule has 0 amide bonds. The Morgan fingerprint density at radius 3 is 0.877 bits per heavy atom. The van der Waals surface area contributed by atoms with Crippen LogP contribution in [0.15, 0.2) is 134 Å². The van der Waals surface area contributed by atoms with E-state index in [0.717, 1.165) is 128 Å². The van der Waals surface area contributed by atoms with Gasteiger partial charge in [0, 0.05) is 19.3 Å². The predicted octanol–water partition coefficient (Wildman–Crippen LogP) is 20.2. The van der Waals surface area contributed by atoms with E-state index in [2.05, 4.69) is 154 Å². The van der Waals surface area contributed by atoms with Crippen molar-refractivity contribution in [1.82, 2.24) is 0 Å². The van der Waals surface area contributed by atoms with Crippen LogP contribution in [0, 0.1) is 0 Å². The van der Waals surface area contributed by atoms with Crippen LogP contribution in [0.3, 0.4) is 0 Å². The summed E-state index contributed by atoms with van der Waals surface area (Å²) < 4.78 is 16.8. The number of unbranched alkanes of at least 4 members (excludes halogenated alkanes) is 19. The number of hydrogen-bond donors (Lipinski definition) is 0. The Labute approximate surface area is 449 Å². The van der Waals surface area contributed by atoms with Crippen molar-refractivity contribution in [1.29, 1.82) is 0 Å². The van der Waals surface area contributed by atoms with Crippen LogP contribution in [-0.2, 0) is 28.6 Å². The predicted molar refractivity (Wildman–Crippen MR) is 316 cm³/mol. The molecule has 6 heteroatoms. The molecule has 0 aromatic heterocycles. The summed E-state index contributed by atoms with van der Waals surface area (Å²) in [6.45, 7) is 6.35. The van der Waals surface area contributed by atoms with Gasteiger partial charge in [0.05, 0.1) is 0 Å². The maximum atomic E-state index is 12.8. The first-order chi connectivity index (χ1) is 36.0. The highest BCUT2D eigenvalue weighted by Gasteiger charge is 2.19. The summed E-state index contributed by atoms with van der Waals surface area (Å²) in [6.07, 6.45) is 84.5. The molecular weight excluding hydrogens is 901 g/mol. The van der Waals surface area contributed by atoms with Crippen molar-refractivity contribution in [2.45, 2.75) is 258 Å². The number of esters is 3. The van der Waals surface area contributed by atoms with Gasteiger partial charge in [0.2, 0.25) is 0 Å². The smallest absolute Gasteiger partial charge is 0.306 e. The van der Waals surface area contributed by atoms with Crippen molar-refractivity contribution in [2.75, 3.05) is 13.2 Å². The first-order valence-electron chi connectivity index (χ1n) is 29.7. The minimum absolute atomic E-state index is 0.111. The molecule has 0 N–H and O–H groups in total. The highest BCUT2D eigenvalue weighted by Crippen LogP contribution is 2.15. The fraction of sp³-hybridized carbons (Fsp3) is 0.627. The van der Waals surface area contributed by atoms with Crippen molar-refractivity contribution < 1.29 is 28.6 Å². The molecule has 6 nitrogen and oxygen atoms in total. The monoisotopic (exact) mass is 1010 g/mol. The van der Waals surface area contributed by atoms with E-state index in [1.54, 1.807) is 0 Å². The van der Waals surface area contributed by atoms with E-state index >= 15 is 0 Å². The second kappa shape index (κ2) is 60.1. The minimum atomic E-state index is -0.823. The molecule has 73 heavy (non-hydrogen) atoms. The minimum Gasteiger partial charge on any atom is -0.462 e. The summed E-state index contributed by atoms with van der Waals surface area (Å²) in [5.74, 6) is -0.997.